The normalized spacial score (nSPS) is 11.0. The first-order chi connectivity index (χ1) is 9.49. The molecule has 0 fully saturated rings. The molecule has 1 nitrogen and oxygen atoms in total. The Balaban J connectivity index is 2.24. The lowest BCUT2D eigenvalue weighted by atomic mass is 10.1. The van der Waals surface area contributed by atoms with Gasteiger partial charge in [-0.25, -0.2) is 17.6 Å². The van der Waals surface area contributed by atoms with Gasteiger partial charge in [0.2, 0.25) is 0 Å². The molecule has 0 spiro atoms. The van der Waals surface area contributed by atoms with E-state index in [1.807, 2.05) is 0 Å². The zero-order valence-corrected chi connectivity index (χ0v) is 10.0. The first-order valence-electron chi connectivity index (χ1n) is 5.60. The van der Waals surface area contributed by atoms with Crippen LogP contribution in [0.5, 0.6) is 0 Å². The van der Waals surface area contributed by atoms with Crippen LogP contribution in [-0.4, -0.2) is 5.78 Å². The predicted octanol–water partition coefficient (Wildman–Crippen LogP) is 4.14. The minimum Gasteiger partial charge on any atom is -0.289 e. The van der Waals surface area contributed by atoms with E-state index < -0.39 is 29.1 Å². The Hall–Kier alpha value is -2.43. The van der Waals surface area contributed by atoms with E-state index in [0.29, 0.717) is 0 Å². The van der Waals surface area contributed by atoms with E-state index in [0.717, 1.165) is 36.4 Å². The van der Waals surface area contributed by atoms with E-state index >= 15 is 0 Å². The first kappa shape index (κ1) is 14.0. The summed E-state index contributed by atoms with van der Waals surface area (Å²) in [5.74, 6) is -4.98. The SMILES string of the molecule is O=C(/C=C/c1cccc(F)c1F)c1ccc(F)c(F)c1. The molecule has 0 amide bonds. The summed E-state index contributed by atoms with van der Waals surface area (Å²) in [4.78, 5) is 11.7. The van der Waals surface area contributed by atoms with Gasteiger partial charge >= 0.3 is 0 Å². The molecule has 0 unspecified atom stereocenters. The summed E-state index contributed by atoms with van der Waals surface area (Å²) in [6.45, 7) is 0. The third kappa shape index (κ3) is 2.93. The van der Waals surface area contributed by atoms with Crippen molar-refractivity contribution in [1.29, 1.82) is 0 Å². The highest BCUT2D eigenvalue weighted by molar-refractivity contribution is 6.06. The van der Waals surface area contributed by atoms with E-state index in [4.69, 9.17) is 0 Å². The fourth-order valence-corrected chi connectivity index (χ4v) is 1.56. The second-order valence-electron chi connectivity index (χ2n) is 3.97. The fourth-order valence-electron chi connectivity index (χ4n) is 1.56. The van der Waals surface area contributed by atoms with Gasteiger partial charge in [0.1, 0.15) is 0 Å². The van der Waals surface area contributed by atoms with Gasteiger partial charge < -0.3 is 0 Å². The molecule has 2 rings (SSSR count). The molecule has 2 aromatic carbocycles. The van der Waals surface area contributed by atoms with E-state index in [-0.39, 0.29) is 11.1 Å². The zero-order valence-electron chi connectivity index (χ0n) is 10.0. The van der Waals surface area contributed by atoms with Gasteiger partial charge in [0, 0.05) is 11.1 Å². The lowest BCUT2D eigenvalue weighted by Crippen LogP contribution is -1.97. The maximum Gasteiger partial charge on any atom is 0.185 e. The molecule has 0 aliphatic rings. The highest BCUT2D eigenvalue weighted by Gasteiger charge is 2.08. The van der Waals surface area contributed by atoms with Crippen LogP contribution in [0, 0.1) is 23.3 Å². The Bertz CT molecular complexity index is 692. The number of hydrogen-bond donors (Lipinski definition) is 0. The monoisotopic (exact) mass is 280 g/mol. The molecular formula is C15H8F4O. The number of carbonyl (C=O) groups is 1. The molecule has 0 radical (unpaired) electrons. The number of benzene rings is 2. The quantitative estimate of drug-likeness (QED) is 0.469. The molecule has 0 N–H and O–H groups in total. The van der Waals surface area contributed by atoms with Crippen LogP contribution in [0.15, 0.2) is 42.5 Å². The van der Waals surface area contributed by atoms with Crippen molar-refractivity contribution in [3.8, 4) is 0 Å². The minimum atomic E-state index is -1.15. The minimum absolute atomic E-state index is 0.0861. The van der Waals surface area contributed by atoms with Crippen LogP contribution in [0.2, 0.25) is 0 Å². The number of halogens is 4. The molecule has 5 heteroatoms. The smallest absolute Gasteiger partial charge is 0.185 e. The highest BCUT2D eigenvalue weighted by atomic mass is 19.2. The summed E-state index contributed by atoms with van der Waals surface area (Å²) in [5.41, 5.74) is -0.196. The van der Waals surface area contributed by atoms with Crippen molar-refractivity contribution in [1.82, 2.24) is 0 Å². The Morgan fingerprint density at radius 3 is 2.35 bits per heavy atom. The Labute approximate surface area is 112 Å². The van der Waals surface area contributed by atoms with E-state index in [2.05, 4.69) is 0 Å². The number of rotatable bonds is 3. The molecule has 20 heavy (non-hydrogen) atoms. The molecule has 0 bridgehead atoms. The zero-order chi connectivity index (χ0) is 14.7. The van der Waals surface area contributed by atoms with Crippen molar-refractivity contribution in [2.75, 3.05) is 0 Å². The number of ketones is 1. The number of allylic oxidation sites excluding steroid dienone is 1. The number of carbonyl (C=O) groups excluding carboxylic acids is 1. The van der Waals surface area contributed by atoms with Crippen LogP contribution in [0.4, 0.5) is 17.6 Å². The molecule has 0 saturated carbocycles. The second-order valence-corrected chi connectivity index (χ2v) is 3.97. The Kier molecular flexibility index (Phi) is 3.98. The summed E-state index contributed by atoms with van der Waals surface area (Å²) in [5, 5.41) is 0. The second kappa shape index (κ2) is 5.69. The Morgan fingerprint density at radius 1 is 0.900 bits per heavy atom. The molecule has 0 saturated heterocycles. The topological polar surface area (TPSA) is 17.1 Å². The molecule has 0 aliphatic heterocycles. The summed E-state index contributed by atoms with van der Waals surface area (Å²) in [6.07, 6.45) is 2.03. The van der Waals surface area contributed by atoms with Crippen molar-refractivity contribution in [2.45, 2.75) is 0 Å². The van der Waals surface area contributed by atoms with Crippen molar-refractivity contribution >= 4 is 11.9 Å². The fraction of sp³-hybridized carbons (Fsp3) is 0. The highest BCUT2D eigenvalue weighted by Crippen LogP contribution is 2.14. The molecular weight excluding hydrogens is 272 g/mol. The van der Waals surface area contributed by atoms with E-state index in [1.165, 1.54) is 12.1 Å². The molecule has 102 valence electrons. The van der Waals surface area contributed by atoms with Crippen LogP contribution >= 0.6 is 0 Å². The van der Waals surface area contributed by atoms with Crippen LogP contribution in [0.1, 0.15) is 15.9 Å². The lowest BCUT2D eigenvalue weighted by molar-refractivity contribution is 0.104. The first-order valence-corrected chi connectivity index (χ1v) is 5.60. The summed E-state index contributed by atoms with van der Waals surface area (Å²) < 4.78 is 51.9. The van der Waals surface area contributed by atoms with Gasteiger partial charge in [0.15, 0.2) is 29.1 Å². The van der Waals surface area contributed by atoms with E-state index in [9.17, 15) is 22.4 Å². The lowest BCUT2D eigenvalue weighted by Gasteiger charge is -1.99. The van der Waals surface area contributed by atoms with Crippen molar-refractivity contribution in [3.05, 3.63) is 76.9 Å². The van der Waals surface area contributed by atoms with Crippen molar-refractivity contribution in [3.63, 3.8) is 0 Å². The van der Waals surface area contributed by atoms with Gasteiger partial charge in [0.25, 0.3) is 0 Å². The standard InChI is InChI=1S/C15H8F4O/c16-11-6-4-10(8-13(11)18)14(20)7-5-9-2-1-3-12(17)15(9)19/h1-8H/b7-5+. The van der Waals surface area contributed by atoms with Crippen LogP contribution < -0.4 is 0 Å². The average Bonchev–Trinajstić information content (AvgIpc) is 2.43. The van der Waals surface area contributed by atoms with Gasteiger partial charge in [-0.15, -0.1) is 0 Å². The van der Waals surface area contributed by atoms with Gasteiger partial charge in [-0.1, -0.05) is 12.1 Å². The summed E-state index contributed by atoms with van der Waals surface area (Å²) in [7, 11) is 0. The maximum absolute atomic E-state index is 13.3. The van der Waals surface area contributed by atoms with Crippen molar-refractivity contribution < 1.29 is 22.4 Å². The Morgan fingerprint density at radius 2 is 1.65 bits per heavy atom. The summed E-state index contributed by atoms with van der Waals surface area (Å²) >= 11 is 0. The van der Waals surface area contributed by atoms with Gasteiger partial charge in [-0.05, 0) is 36.4 Å². The average molecular weight is 280 g/mol. The van der Waals surface area contributed by atoms with E-state index in [1.54, 1.807) is 0 Å². The molecule has 0 aliphatic carbocycles. The van der Waals surface area contributed by atoms with Gasteiger partial charge in [0.05, 0.1) is 0 Å². The molecule has 0 heterocycles. The molecule has 2 aromatic rings. The molecule has 0 atom stereocenters. The van der Waals surface area contributed by atoms with Gasteiger partial charge in [-0.3, -0.25) is 4.79 Å². The van der Waals surface area contributed by atoms with Gasteiger partial charge in [-0.2, -0.15) is 0 Å². The molecule has 0 aromatic heterocycles. The third-order valence-corrected chi connectivity index (χ3v) is 2.60. The third-order valence-electron chi connectivity index (χ3n) is 2.60. The predicted molar refractivity (Wildman–Crippen MR) is 66.1 cm³/mol. The number of hydrogen-bond acceptors (Lipinski definition) is 1. The summed E-state index contributed by atoms with van der Waals surface area (Å²) in [6, 6.07) is 6.19. The maximum atomic E-state index is 13.3. The van der Waals surface area contributed by atoms with Crippen LogP contribution in [0.25, 0.3) is 6.08 Å². The largest absolute Gasteiger partial charge is 0.289 e. The van der Waals surface area contributed by atoms with Crippen LogP contribution in [0.3, 0.4) is 0 Å². The van der Waals surface area contributed by atoms with Crippen LogP contribution in [-0.2, 0) is 0 Å². The van der Waals surface area contributed by atoms with Crippen molar-refractivity contribution in [2.24, 2.45) is 0 Å².